The summed E-state index contributed by atoms with van der Waals surface area (Å²) in [6.45, 7) is 0.576. The molecule has 0 heterocycles. The Morgan fingerprint density at radius 3 is 2.58 bits per heavy atom. The summed E-state index contributed by atoms with van der Waals surface area (Å²) in [5, 5.41) is 4.49. The molecule has 0 spiro atoms. The van der Waals surface area contributed by atoms with Crippen molar-refractivity contribution in [2.75, 3.05) is 18.2 Å². The van der Waals surface area contributed by atoms with Crippen molar-refractivity contribution in [2.24, 2.45) is 0 Å². The Morgan fingerprint density at radius 2 is 1.95 bits per heavy atom. The fraction of sp³-hybridized carbons (Fsp3) is 0.143. The summed E-state index contributed by atoms with van der Waals surface area (Å²) in [5.41, 5.74) is 8.35. The highest BCUT2D eigenvalue weighted by Crippen LogP contribution is 2.26. The van der Waals surface area contributed by atoms with Crippen molar-refractivity contribution in [3.8, 4) is 5.75 Å². The molecule has 0 bridgehead atoms. The molecule has 0 aliphatic carbocycles. The van der Waals surface area contributed by atoms with Gasteiger partial charge >= 0.3 is 0 Å². The SMILES string of the molecule is COc1ccc(NCc2ccc(Cl)cc2Cl)c(N)c1. The molecule has 2 aromatic rings. The molecular weight excluding hydrogens is 283 g/mol. The predicted octanol–water partition coefficient (Wildman–Crippen LogP) is 4.20. The van der Waals surface area contributed by atoms with Crippen LogP contribution in [-0.2, 0) is 6.54 Å². The van der Waals surface area contributed by atoms with Crippen LogP contribution in [0.2, 0.25) is 10.0 Å². The molecule has 3 N–H and O–H groups in total. The highest BCUT2D eigenvalue weighted by atomic mass is 35.5. The van der Waals surface area contributed by atoms with Gasteiger partial charge in [-0.25, -0.2) is 0 Å². The van der Waals surface area contributed by atoms with Gasteiger partial charge < -0.3 is 15.8 Å². The molecule has 5 heteroatoms. The average Bonchev–Trinajstić information content (AvgIpc) is 2.39. The maximum absolute atomic E-state index is 6.11. The zero-order valence-corrected chi connectivity index (χ0v) is 11.9. The van der Waals surface area contributed by atoms with Gasteiger partial charge in [-0.15, -0.1) is 0 Å². The van der Waals surface area contributed by atoms with Crippen LogP contribution >= 0.6 is 23.2 Å². The zero-order valence-electron chi connectivity index (χ0n) is 10.4. The van der Waals surface area contributed by atoms with E-state index in [0.717, 1.165) is 17.0 Å². The lowest BCUT2D eigenvalue weighted by Gasteiger charge is -2.11. The van der Waals surface area contributed by atoms with Crippen LogP contribution in [0.25, 0.3) is 0 Å². The molecule has 2 rings (SSSR count). The Hall–Kier alpha value is -1.58. The van der Waals surface area contributed by atoms with Crippen molar-refractivity contribution in [2.45, 2.75) is 6.54 Å². The molecule has 0 fully saturated rings. The summed E-state index contributed by atoms with van der Waals surface area (Å²) in [4.78, 5) is 0. The summed E-state index contributed by atoms with van der Waals surface area (Å²) in [7, 11) is 1.61. The standard InChI is InChI=1S/C14H14Cl2N2O/c1-19-11-4-5-14(13(17)7-11)18-8-9-2-3-10(15)6-12(9)16/h2-7,18H,8,17H2,1H3. The Kier molecular flexibility index (Phi) is 4.40. The van der Waals surface area contributed by atoms with E-state index in [1.54, 1.807) is 19.2 Å². The molecule has 0 unspecified atom stereocenters. The van der Waals surface area contributed by atoms with E-state index in [1.807, 2.05) is 24.3 Å². The lowest BCUT2D eigenvalue weighted by Crippen LogP contribution is -2.03. The fourth-order valence-electron chi connectivity index (χ4n) is 1.68. The third-order valence-corrected chi connectivity index (χ3v) is 3.33. The summed E-state index contributed by atoms with van der Waals surface area (Å²) in [5.74, 6) is 0.729. The van der Waals surface area contributed by atoms with E-state index in [4.69, 9.17) is 33.7 Å². The number of halogens is 2. The minimum Gasteiger partial charge on any atom is -0.497 e. The van der Waals surface area contributed by atoms with Crippen LogP contribution in [0.5, 0.6) is 5.75 Å². The first kappa shape index (κ1) is 13.8. The van der Waals surface area contributed by atoms with Gasteiger partial charge in [0.25, 0.3) is 0 Å². The van der Waals surface area contributed by atoms with Gasteiger partial charge in [-0.2, -0.15) is 0 Å². The smallest absolute Gasteiger partial charge is 0.121 e. The molecule has 0 saturated heterocycles. The van der Waals surface area contributed by atoms with Crippen LogP contribution in [0.4, 0.5) is 11.4 Å². The molecule has 0 amide bonds. The zero-order chi connectivity index (χ0) is 13.8. The molecule has 3 nitrogen and oxygen atoms in total. The first-order valence-corrected chi connectivity index (χ1v) is 6.47. The Morgan fingerprint density at radius 1 is 1.16 bits per heavy atom. The summed E-state index contributed by atoms with van der Waals surface area (Å²) >= 11 is 12.0. The van der Waals surface area contributed by atoms with Crippen molar-refractivity contribution >= 4 is 34.6 Å². The number of nitrogens with one attached hydrogen (secondary N) is 1. The van der Waals surface area contributed by atoms with E-state index < -0.39 is 0 Å². The lowest BCUT2D eigenvalue weighted by atomic mass is 10.2. The molecule has 2 aromatic carbocycles. The van der Waals surface area contributed by atoms with Crippen molar-refractivity contribution in [3.63, 3.8) is 0 Å². The fourth-order valence-corrected chi connectivity index (χ4v) is 2.16. The van der Waals surface area contributed by atoms with Gasteiger partial charge in [-0.3, -0.25) is 0 Å². The molecule has 0 aliphatic heterocycles. The number of methoxy groups -OCH3 is 1. The van der Waals surface area contributed by atoms with Gasteiger partial charge in [-0.1, -0.05) is 29.3 Å². The predicted molar refractivity (Wildman–Crippen MR) is 81.2 cm³/mol. The normalized spacial score (nSPS) is 10.3. The quantitative estimate of drug-likeness (QED) is 0.832. The maximum atomic E-state index is 6.11. The van der Waals surface area contributed by atoms with Crippen molar-refractivity contribution in [3.05, 3.63) is 52.0 Å². The van der Waals surface area contributed by atoms with Crippen LogP contribution in [0.1, 0.15) is 5.56 Å². The van der Waals surface area contributed by atoms with Crippen LogP contribution in [-0.4, -0.2) is 7.11 Å². The van der Waals surface area contributed by atoms with E-state index in [0.29, 0.717) is 22.3 Å². The molecule has 0 aliphatic rings. The van der Waals surface area contributed by atoms with E-state index in [2.05, 4.69) is 5.32 Å². The van der Waals surface area contributed by atoms with Gasteiger partial charge in [0.05, 0.1) is 18.5 Å². The minimum atomic E-state index is 0.576. The largest absolute Gasteiger partial charge is 0.497 e. The molecular formula is C14H14Cl2N2O. The third-order valence-electron chi connectivity index (χ3n) is 2.74. The topological polar surface area (TPSA) is 47.3 Å². The number of anilines is 2. The minimum absolute atomic E-state index is 0.576. The van der Waals surface area contributed by atoms with Gasteiger partial charge in [0.15, 0.2) is 0 Å². The molecule has 100 valence electrons. The lowest BCUT2D eigenvalue weighted by molar-refractivity contribution is 0.415. The highest BCUT2D eigenvalue weighted by molar-refractivity contribution is 6.35. The van der Waals surface area contributed by atoms with Crippen molar-refractivity contribution < 1.29 is 4.74 Å². The van der Waals surface area contributed by atoms with Gasteiger partial charge in [0.2, 0.25) is 0 Å². The van der Waals surface area contributed by atoms with E-state index in [-0.39, 0.29) is 0 Å². The van der Waals surface area contributed by atoms with Gasteiger partial charge in [-0.05, 0) is 29.8 Å². The second-order valence-corrected chi connectivity index (χ2v) is 4.89. The van der Waals surface area contributed by atoms with Gasteiger partial charge in [0.1, 0.15) is 5.75 Å². The molecule has 0 atom stereocenters. The number of nitrogens with two attached hydrogens (primary N) is 1. The van der Waals surface area contributed by atoms with E-state index in [1.165, 1.54) is 0 Å². The number of rotatable bonds is 4. The number of hydrogen-bond donors (Lipinski definition) is 2. The van der Waals surface area contributed by atoms with Gasteiger partial charge in [0, 0.05) is 22.7 Å². The number of nitrogen functional groups attached to an aromatic ring is 1. The molecule has 19 heavy (non-hydrogen) atoms. The molecule has 0 saturated carbocycles. The Labute approximate surface area is 122 Å². The highest BCUT2D eigenvalue weighted by Gasteiger charge is 2.04. The second-order valence-electron chi connectivity index (χ2n) is 4.04. The summed E-state index contributed by atoms with van der Waals surface area (Å²) < 4.78 is 5.10. The number of benzene rings is 2. The first-order valence-electron chi connectivity index (χ1n) is 5.71. The van der Waals surface area contributed by atoms with Crippen molar-refractivity contribution in [1.29, 1.82) is 0 Å². The Bertz CT molecular complexity index is 588. The molecule has 0 aromatic heterocycles. The first-order chi connectivity index (χ1) is 9.10. The molecule has 0 radical (unpaired) electrons. The average molecular weight is 297 g/mol. The van der Waals surface area contributed by atoms with E-state index >= 15 is 0 Å². The van der Waals surface area contributed by atoms with Crippen LogP contribution in [0.15, 0.2) is 36.4 Å². The number of hydrogen-bond acceptors (Lipinski definition) is 3. The maximum Gasteiger partial charge on any atom is 0.121 e. The van der Waals surface area contributed by atoms with Crippen LogP contribution in [0.3, 0.4) is 0 Å². The third kappa shape index (κ3) is 3.46. The van der Waals surface area contributed by atoms with Crippen LogP contribution in [0, 0.1) is 0 Å². The summed E-state index contributed by atoms with van der Waals surface area (Å²) in [6.07, 6.45) is 0. The van der Waals surface area contributed by atoms with E-state index in [9.17, 15) is 0 Å². The van der Waals surface area contributed by atoms with Crippen LogP contribution < -0.4 is 15.8 Å². The van der Waals surface area contributed by atoms with Crippen molar-refractivity contribution in [1.82, 2.24) is 0 Å². The Balaban J connectivity index is 2.10. The summed E-state index contributed by atoms with van der Waals surface area (Å²) in [6, 6.07) is 10.9. The number of ether oxygens (including phenoxy) is 1. The monoisotopic (exact) mass is 296 g/mol. The second kappa shape index (κ2) is 6.04.